The van der Waals surface area contributed by atoms with Crippen molar-refractivity contribution in [2.45, 2.75) is 26.2 Å². The SMILES string of the molecule is CCC[C@@H](CC(N)=O)C(=S)C(=O)O. The number of carboxylic acids is 1. The van der Waals surface area contributed by atoms with Crippen molar-refractivity contribution in [3.8, 4) is 0 Å². The average molecular weight is 203 g/mol. The lowest BCUT2D eigenvalue weighted by Gasteiger charge is -2.11. The molecule has 0 aliphatic heterocycles. The highest BCUT2D eigenvalue weighted by Gasteiger charge is 2.21. The maximum atomic E-state index is 10.6. The van der Waals surface area contributed by atoms with Gasteiger partial charge in [0.1, 0.15) is 4.86 Å². The monoisotopic (exact) mass is 203 g/mol. The highest BCUT2D eigenvalue weighted by atomic mass is 32.1. The first kappa shape index (κ1) is 12.0. The van der Waals surface area contributed by atoms with Gasteiger partial charge in [-0.3, -0.25) is 4.79 Å². The van der Waals surface area contributed by atoms with Gasteiger partial charge in [0.25, 0.3) is 0 Å². The lowest BCUT2D eigenvalue weighted by atomic mass is 9.96. The molecule has 0 aromatic rings. The van der Waals surface area contributed by atoms with Gasteiger partial charge in [-0.15, -0.1) is 0 Å². The summed E-state index contributed by atoms with van der Waals surface area (Å²) in [7, 11) is 0. The van der Waals surface area contributed by atoms with E-state index in [0.29, 0.717) is 6.42 Å². The summed E-state index contributed by atoms with van der Waals surface area (Å²) in [5.41, 5.74) is 4.97. The Morgan fingerprint density at radius 2 is 2.08 bits per heavy atom. The second-order valence-electron chi connectivity index (χ2n) is 2.83. The molecular formula is C8H13NO3S. The van der Waals surface area contributed by atoms with Crippen molar-refractivity contribution in [1.82, 2.24) is 0 Å². The van der Waals surface area contributed by atoms with Crippen LogP contribution in [0.4, 0.5) is 0 Å². The molecule has 0 aromatic carbocycles. The van der Waals surface area contributed by atoms with Crippen molar-refractivity contribution in [2.24, 2.45) is 11.7 Å². The molecule has 0 saturated heterocycles. The van der Waals surface area contributed by atoms with Crippen LogP contribution in [0.2, 0.25) is 0 Å². The van der Waals surface area contributed by atoms with Crippen LogP contribution in [0, 0.1) is 5.92 Å². The molecule has 0 bridgehead atoms. The van der Waals surface area contributed by atoms with Crippen molar-refractivity contribution in [1.29, 1.82) is 0 Å². The third-order valence-electron chi connectivity index (χ3n) is 1.67. The molecule has 1 atom stereocenters. The van der Waals surface area contributed by atoms with E-state index in [2.05, 4.69) is 12.2 Å². The van der Waals surface area contributed by atoms with E-state index in [-0.39, 0.29) is 11.3 Å². The molecule has 0 fully saturated rings. The number of rotatable bonds is 6. The van der Waals surface area contributed by atoms with Crippen LogP contribution in [0.25, 0.3) is 0 Å². The Morgan fingerprint density at radius 3 is 2.38 bits per heavy atom. The number of hydrogen-bond donors (Lipinski definition) is 2. The first-order chi connectivity index (χ1) is 5.99. The average Bonchev–Trinajstić information content (AvgIpc) is 2.01. The zero-order chi connectivity index (χ0) is 10.4. The van der Waals surface area contributed by atoms with Gasteiger partial charge < -0.3 is 10.8 Å². The Labute approximate surface area is 82.1 Å². The fourth-order valence-electron chi connectivity index (χ4n) is 1.09. The Hall–Kier alpha value is -0.970. The van der Waals surface area contributed by atoms with Gasteiger partial charge in [-0.25, -0.2) is 4.79 Å². The van der Waals surface area contributed by atoms with Gasteiger partial charge in [-0.2, -0.15) is 0 Å². The minimum absolute atomic E-state index is 0.0268. The fraction of sp³-hybridized carbons (Fsp3) is 0.625. The molecule has 74 valence electrons. The number of nitrogens with two attached hydrogens (primary N) is 1. The minimum Gasteiger partial charge on any atom is -0.477 e. The Morgan fingerprint density at radius 1 is 1.54 bits per heavy atom. The molecule has 0 spiro atoms. The Kier molecular flexibility index (Phi) is 5.22. The fourth-order valence-corrected chi connectivity index (χ4v) is 1.29. The van der Waals surface area contributed by atoms with E-state index in [1.165, 1.54) is 0 Å². The first-order valence-corrected chi connectivity index (χ1v) is 4.45. The molecular weight excluding hydrogens is 190 g/mol. The summed E-state index contributed by atoms with van der Waals surface area (Å²) in [6.45, 7) is 1.90. The maximum absolute atomic E-state index is 10.6. The summed E-state index contributed by atoms with van der Waals surface area (Å²) in [6.07, 6.45) is 1.40. The second-order valence-corrected chi connectivity index (χ2v) is 3.27. The third-order valence-corrected chi connectivity index (χ3v) is 2.17. The smallest absolute Gasteiger partial charge is 0.342 e. The number of carbonyl (C=O) groups is 2. The van der Waals surface area contributed by atoms with Crippen molar-refractivity contribution in [2.75, 3.05) is 0 Å². The van der Waals surface area contributed by atoms with E-state index in [0.717, 1.165) is 6.42 Å². The van der Waals surface area contributed by atoms with Crippen LogP contribution >= 0.6 is 12.2 Å². The van der Waals surface area contributed by atoms with Gasteiger partial charge in [-0.05, 0) is 6.42 Å². The first-order valence-electron chi connectivity index (χ1n) is 4.04. The van der Waals surface area contributed by atoms with Crippen molar-refractivity contribution in [3.05, 3.63) is 0 Å². The lowest BCUT2D eigenvalue weighted by Crippen LogP contribution is -2.26. The van der Waals surface area contributed by atoms with Crippen LogP contribution < -0.4 is 5.73 Å². The molecule has 0 aliphatic rings. The largest absolute Gasteiger partial charge is 0.477 e. The number of amides is 1. The van der Waals surface area contributed by atoms with E-state index >= 15 is 0 Å². The number of carbonyl (C=O) groups excluding carboxylic acids is 1. The zero-order valence-electron chi connectivity index (χ0n) is 7.45. The van der Waals surface area contributed by atoms with E-state index in [1.54, 1.807) is 0 Å². The molecule has 1 amide bonds. The van der Waals surface area contributed by atoms with Crippen LogP contribution in [-0.2, 0) is 9.59 Å². The van der Waals surface area contributed by atoms with Gasteiger partial charge in [0, 0.05) is 12.3 Å². The third kappa shape index (κ3) is 4.57. The summed E-state index contributed by atoms with van der Waals surface area (Å²) in [6, 6.07) is 0. The molecule has 3 N–H and O–H groups in total. The number of thiocarbonyl (C=S) groups is 1. The van der Waals surface area contributed by atoms with E-state index in [9.17, 15) is 9.59 Å². The second kappa shape index (κ2) is 5.64. The van der Waals surface area contributed by atoms with Gasteiger partial charge in [0.2, 0.25) is 5.91 Å². The topological polar surface area (TPSA) is 80.4 Å². The summed E-state index contributed by atoms with van der Waals surface area (Å²) in [5, 5.41) is 8.60. The van der Waals surface area contributed by atoms with Crippen LogP contribution in [0.1, 0.15) is 26.2 Å². The highest BCUT2D eigenvalue weighted by molar-refractivity contribution is 7.82. The molecule has 0 rings (SSSR count). The standard InChI is InChI=1S/C8H13NO3S/c1-2-3-5(4-6(9)10)7(13)8(11)12/h5H,2-4H2,1H3,(H2,9,10)(H,11,12)/t5-/m0/s1. The van der Waals surface area contributed by atoms with Crippen molar-refractivity contribution in [3.63, 3.8) is 0 Å². The van der Waals surface area contributed by atoms with Crippen molar-refractivity contribution < 1.29 is 14.7 Å². The molecule has 5 heteroatoms. The molecule has 0 aliphatic carbocycles. The van der Waals surface area contributed by atoms with Gasteiger partial charge >= 0.3 is 5.97 Å². The normalized spacial score (nSPS) is 12.1. The predicted molar refractivity (Wildman–Crippen MR) is 52.4 cm³/mol. The van der Waals surface area contributed by atoms with E-state index in [4.69, 9.17) is 10.8 Å². The summed E-state index contributed by atoms with van der Waals surface area (Å²) >= 11 is 4.68. The molecule has 0 unspecified atom stereocenters. The molecule has 0 radical (unpaired) electrons. The van der Waals surface area contributed by atoms with E-state index < -0.39 is 17.8 Å². The summed E-state index contributed by atoms with van der Waals surface area (Å²) in [5.74, 6) is -2.04. The molecule has 0 saturated carbocycles. The molecule has 0 heterocycles. The maximum Gasteiger partial charge on any atom is 0.342 e. The lowest BCUT2D eigenvalue weighted by molar-refractivity contribution is -0.129. The number of primary amides is 1. The van der Waals surface area contributed by atoms with Gasteiger partial charge in [-0.1, -0.05) is 25.6 Å². The highest BCUT2D eigenvalue weighted by Crippen LogP contribution is 2.13. The number of hydrogen-bond acceptors (Lipinski definition) is 3. The van der Waals surface area contributed by atoms with Crippen LogP contribution in [0.15, 0.2) is 0 Å². The molecule has 13 heavy (non-hydrogen) atoms. The Bertz CT molecular complexity index is 227. The Balaban J connectivity index is 4.31. The van der Waals surface area contributed by atoms with Crippen LogP contribution in [0.3, 0.4) is 0 Å². The molecule has 4 nitrogen and oxygen atoms in total. The quantitative estimate of drug-likeness (QED) is 0.624. The number of aliphatic carboxylic acids is 1. The van der Waals surface area contributed by atoms with Crippen molar-refractivity contribution >= 4 is 29.0 Å². The van der Waals surface area contributed by atoms with Gasteiger partial charge in [0.05, 0.1) is 0 Å². The van der Waals surface area contributed by atoms with Gasteiger partial charge in [0.15, 0.2) is 0 Å². The van der Waals surface area contributed by atoms with E-state index in [1.807, 2.05) is 6.92 Å². The zero-order valence-corrected chi connectivity index (χ0v) is 8.26. The summed E-state index contributed by atoms with van der Waals surface area (Å²) in [4.78, 5) is 21.0. The summed E-state index contributed by atoms with van der Waals surface area (Å²) < 4.78 is 0. The number of carboxylic acid groups (broad SMARTS) is 1. The minimum atomic E-state index is -1.13. The molecule has 0 aromatic heterocycles. The van der Waals surface area contributed by atoms with Crippen LogP contribution in [-0.4, -0.2) is 21.8 Å². The van der Waals surface area contributed by atoms with Crippen LogP contribution in [0.5, 0.6) is 0 Å². The predicted octanol–water partition coefficient (Wildman–Crippen LogP) is 0.733.